The van der Waals surface area contributed by atoms with Crippen LogP contribution in [0.3, 0.4) is 0 Å². The Hall–Kier alpha value is -1.00. The molecule has 1 aromatic rings. The highest BCUT2D eigenvalue weighted by molar-refractivity contribution is 7.99. The highest BCUT2D eigenvalue weighted by Gasteiger charge is 2.15. The van der Waals surface area contributed by atoms with Gasteiger partial charge in [-0.05, 0) is 17.7 Å². The van der Waals surface area contributed by atoms with Crippen molar-refractivity contribution in [2.45, 2.75) is 30.0 Å². The van der Waals surface area contributed by atoms with Crippen molar-refractivity contribution >= 4 is 17.7 Å². The Labute approximate surface area is 100 Å². The van der Waals surface area contributed by atoms with Gasteiger partial charge in [-0.25, -0.2) is 0 Å². The second kappa shape index (κ2) is 5.92. The van der Waals surface area contributed by atoms with Gasteiger partial charge >= 0.3 is 5.97 Å². The second-order valence-electron chi connectivity index (χ2n) is 3.74. The van der Waals surface area contributed by atoms with Crippen LogP contribution in [0.5, 0.6) is 0 Å². The van der Waals surface area contributed by atoms with E-state index < -0.39 is 12.0 Å². The Balaban J connectivity index is 2.74. The molecule has 88 valence electrons. The average molecular weight is 239 g/mol. The molecule has 0 spiro atoms. The largest absolute Gasteiger partial charge is 0.468 e. The lowest BCUT2D eigenvalue weighted by atomic mass is 10.1. The average Bonchev–Trinajstić information content (AvgIpc) is 2.27. The summed E-state index contributed by atoms with van der Waals surface area (Å²) in [4.78, 5) is 12.4. The molecule has 16 heavy (non-hydrogen) atoms. The number of ether oxygens (including phenoxy) is 1. The van der Waals surface area contributed by atoms with Gasteiger partial charge in [-0.15, -0.1) is 11.8 Å². The maximum atomic E-state index is 11.2. The van der Waals surface area contributed by atoms with Crippen molar-refractivity contribution in [1.29, 1.82) is 0 Å². The van der Waals surface area contributed by atoms with Gasteiger partial charge < -0.3 is 10.5 Å². The van der Waals surface area contributed by atoms with Crippen LogP contribution >= 0.6 is 11.8 Å². The zero-order chi connectivity index (χ0) is 12.1. The number of rotatable bonds is 4. The van der Waals surface area contributed by atoms with Crippen LogP contribution in [0.15, 0.2) is 29.2 Å². The molecular formula is C12H17NO2S. The van der Waals surface area contributed by atoms with E-state index in [-0.39, 0.29) is 0 Å². The van der Waals surface area contributed by atoms with E-state index in [1.165, 1.54) is 12.0 Å². The Bertz CT molecular complexity index is 349. The van der Waals surface area contributed by atoms with E-state index in [1.807, 2.05) is 24.3 Å². The first-order valence-corrected chi connectivity index (χ1v) is 6.02. The van der Waals surface area contributed by atoms with E-state index in [4.69, 9.17) is 5.73 Å². The predicted octanol–water partition coefficient (Wildman–Crippen LogP) is 2.36. The Kier molecular flexibility index (Phi) is 4.83. The molecule has 0 aliphatic heterocycles. The standard InChI is InChI=1S/C12H17NO2S/c1-8(2)16-10-6-4-9(5-7-10)11(13)12(14)15-3/h4-8,11H,13H2,1-3H3. The smallest absolute Gasteiger partial charge is 0.327 e. The van der Waals surface area contributed by atoms with Crippen LogP contribution < -0.4 is 5.73 Å². The number of carbonyl (C=O) groups excluding carboxylic acids is 1. The van der Waals surface area contributed by atoms with Crippen molar-refractivity contribution in [1.82, 2.24) is 0 Å². The predicted molar refractivity (Wildman–Crippen MR) is 66.4 cm³/mol. The number of carbonyl (C=O) groups is 1. The molecule has 0 aliphatic rings. The third kappa shape index (κ3) is 3.54. The highest BCUT2D eigenvalue weighted by atomic mass is 32.2. The normalized spacial score (nSPS) is 12.6. The number of nitrogens with two attached hydrogens (primary N) is 1. The molecule has 0 bridgehead atoms. The van der Waals surface area contributed by atoms with Crippen molar-refractivity contribution in [3.63, 3.8) is 0 Å². The molecule has 1 rings (SSSR count). The molecular weight excluding hydrogens is 222 g/mol. The van der Waals surface area contributed by atoms with Gasteiger partial charge in [0.05, 0.1) is 7.11 Å². The van der Waals surface area contributed by atoms with Gasteiger partial charge in [0.25, 0.3) is 0 Å². The van der Waals surface area contributed by atoms with Gasteiger partial charge in [0, 0.05) is 10.1 Å². The number of thioether (sulfide) groups is 1. The van der Waals surface area contributed by atoms with Crippen molar-refractivity contribution in [3.8, 4) is 0 Å². The van der Waals surface area contributed by atoms with Gasteiger partial charge in [-0.1, -0.05) is 26.0 Å². The Morgan fingerprint density at radius 2 is 1.88 bits per heavy atom. The van der Waals surface area contributed by atoms with Crippen LogP contribution in [0.25, 0.3) is 0 Å². The maximum Gasteiger partial charge on any atom is 0.327 e. The third-order valence-electron chi connectivity index (χ3n) is 2.07. The number of esters is 1. The van der Waals surface area contributed by atoms with Gasteiger partial charge in [0.15, 0.2) is 0 Å². The van der Waals surface area contributed by atoms with Crippen LogP contribution in [0.1, 0.15) is 25.5 Å². The minimum Gasteiger partial charge on any atom is -0.468 e. The summed E-state index contributed by atoms with van der Waals surface area (Å²) in [6.45, 7) is 4.28. The van der Waals surface area contributed by atoms with Crippen molar-refractivity contribution in [2.24, 2.45) is 5.73 Å². The number of hydrogen-bond acceptors (Lipinski definition) is 4. The minimum atomic E-state index is -0.692. The summed E-state index contributed by atoms with van der Waals surface area (Å²) < 4.78 is 4.59. The summed E-state index contributed by atoms with van der Waals surface area (Å²) >= 11 is 1.78. The number of benzene rings is 1. The molecule has 1 atom stereocenters. The highest BCUT2D eigenvalue weighted by Crippen LogP contribution is 2.24. The lowest BCUT2D eigenvalue weighted by Crippen LogP contribution is -2.22. The minimum absolute atomic E-state index is 0.413. The van der Waals surface area contributed by atoms with Gasteiger partial charge in [0.1, 0.15) is 6.04 Å². The third-order valence-corrected chi connectivity index (χ3v) is 3.08. The van der Waals surface area contributed by atoms with E-state index >= 15 is 0 Å². The summed E-state index contributed by atoms with van der Waals surface area (Å²) in [6.07, 6.45) is 0. The van der Waals surface area contributed by atoms with Gasteiger partial charge in [0.2, 0.25) is 0 Å². The summed E-state index contributed by atoms with van der Waals surface area (Å²) in [7, 11) is 1.34. The lowest BCUT2D eigenvalue weighted by Gasteiger charge is -2.10. The molecule has 0 radical (unpaired) electrons. The van der Waals surface area contributed by atoms with Crippen molar-refractivity contribution < 1.29 is 9.53 Å². The first-order chi connectivity index (χ1) is 7.54. The summed E-state index contributed by atoms with van der Waals surface area (Å²) in [5.74, 6) is -0.413. The first kappa shape index (κ1) is 13.1. The van der Waals surface area contributed by atoms with E-state index in [0.717, 1.165) is 5.56 Å². The quantitative estimate of drug-likeness (QED) is 0.647. The lowest BCUT2D eigenvalue weighted by molar-refractivity contribution is -0.142. The van der Waals surface area contributed by atoms with Crippen LogP contribution in [-0.4, -0.2) is 18.3 Å². The van der Waals surface area contributed by atoms with Crippen molar-refractivity contribution in [3.05, 3.63) is 29.8 Å². The molecule has 2 N–H and O–H groups in total. The molecule has 0 aliphatic carbocycles. The SMILES string of the molecule is COC(=O)C(N)c1ccc(SC(C)C)cc1. The topological polar surface area (TPSA) is 52.3 Å². The molecule has 4 heteroatoms. The molecule has 1 aromatic carbocycles. The zero-order valence-electron chi connectivity index (χ0n) is 9.77. The fourth-order valence-corrected chi connectivity index (χ4v) is 2.13. The molecule has 3 nitrogen and oxygen atoms in total. The fraction of sp³-hybridized carbons (Fsp3) is 0.417. The molecule has 0 saturated carbocycles. The monoisotopic (exact) mass is 239 g/mol. The van der Waals surface area contributed by atoms with E-state index in [9.17, 15) is 4.79 Å². The van der Waals surface area contributed by atoms with Crippen LogP contribution in [0.4, 0.5) is 0 Å². The van der Waals surface area contributed by atoms with E-state index in [2.05, 4.69) is 18.6 Å². The fourth-order valence-electron chi connectivity index (χ4n) is 1.29. The second-order valence-corrected chi connectivity index (χ2v) is 5.39. The Morgan fingerprint density at radius 3 is 2.31 bits per heavy atom. The van der Waals surface area contributed by atoms with Crippen LogP contribution in [0.2, 0.25) is 0 Å². The summed E-state index contributed by atoms with van der Waals surface area (Å²) in [5.41, 5.74) is 6.50. The molecule has 0 amide bonds. The Morgan fingerprint density at radius 1 is 1.31 bits per heavy atom. The maximum absolute atomic E-state index is 11.2. The van der Waals surface area contributed by atoms with Crippen LogP contribution in [0, 0.1) is 0 Å². The summed E-state index contributed by atoms with van der Waals surface area (Å²) in [6, 6.07) is 6.99. The van der Waals surface area contributed by atoms with Crippen LogP contribution in [-0.2, 0) is 9.53 Å². The molecule has 1 unspecified atom stereocenters. The summed E-state index contributed by atoms with van der Waals surface area (Å²) in [5, 5.41) is 0.542. The van der Waals surface area contributed by atoms with E-state index in [1.54, 1.807) is 11.8 Å². The number of methoxy groups -OCH3 is 1. The van der Waals surface area contributed by atoms with Crippen molar-refractivity contribution in [2.75, 3.05) is 7.11 Å². The molecule has 0 aromatic heterocycles. The number of hydrogen-bond donors (Lipinski definition) is 1. The molecule has 0 fully saturated rings. The van der Waals surface area contributed by atoms with Gasteiger partial charge in [-0.2, -0.15) is 0 Å². The van der Waals surface area contributed by atoms with E-state index in [0.29, 0.717) is 5.25 Å². The molecule has 0 heterocycles. The molecule has 0 saturated heterocycles. The zero-order valence-corrected chi connectivity index (χ0v) is 10.6. The first-order valence-electron chi connectivity index (χ1n) is 5.14. The van der Waals surface area contributed by atoms with Gasteiger partial charge in [-0.3, -0.25) is 4.79 Å².